The first-order valence-corrected chi connectivity index (χ1v) is 8.87. The molecule has 0 aliphatic heterocycles. The molecule has 0 aliphatic carbocycles. The number of benzene rings is 2. The summed E-state index contributed by atoms with van der Waals surface area (Å²) in [5.41, 5.74) is 3.31. The molecule has 0 N–H and O–H groups in total. The second-order valence-corrected chi connectivity index (χ2v) is 6.36. The van der Waals surface area contributed by atoms with Gasteiger partial charge in [0.05, 0.1) is 19.8 Å². The molecule has 27 heavy (non-hydrogen) atoms. The topological polar surface area (TPSA) is 38.8 Å². The number of aryl methyl sites for hydroxylation is 2. The SMILES string of the molecule is C=CCOCCOc1ccc(C)cc1CN(C(C)=O)c1cc(F)ccc1C. The van der Waals surface area contributed by atoms with E-state index in [1.165, 1.54) is 19.1 Å². The fourth-order valence-corrected chi connectivity index (χ4v) is 2.76. The number of nitrogens with zero attached hydrogens (tertiary/aromatic N) is 1. The molecule has 2 aromatic carbocycles. The summed E-state index contributed by atoms with van der Waals surface area (Å²) < 4.78 is 24.9. The van der Waals surface area contributed by atoms with E-state index in [4.69, 9.17) is 9.47 Å². The molecule has 0 aliphatic rings. The van der Waals surface area contributed by atoms with Crippen molar-refractivity contribution in [3.63, 3.8) is 0 Å². The van der Waals surface area contributed by atoms with Gasteiger partial charge in [0.25, 0.3) is 0 Å². The van der Waals surface area contributed by atoms with Gasteiger partial charge in [-0.1, -0.05) is 29.8 Å². The van der Waals surface area contributed by atoms with Gasteiger partial charge >= 0.3 is 0 Å². The Morgan fingerprint density at radius 2 is 1.96 bits per heavy atom. The summed E-state index contributed by atoms with van der Waals surface area (Å²) in [7, 11) is 0. The summed E-state index contributed by atoms with van der Waals surface area (Å²) in [6.07, 6.45) is 1.68. The van der Waals surface area contributed by atoms with Gasteiger partial charge in [-0.3, -0.25) is 4.79 Å². The molecule has 0 aromatic heterocycles. The molecule has 144 valence electrons. The predicted molar refractivity (Wildman–Crippen MR) is 106 cm³/mol. The number of rotatable bonds is 9. The molecule has 1 amide bonds. The highest BCUT2D eigenvalue weighted by molar-refractivity contribution is 5.92. The number of hydrogen-bond donors (Lipinski definition) is 0. The molecule has 0 radical (unpaired) electrons. The Morgan fingerprint density at radius 3 is 2.67 bits per heavy atom. The Kier molecular flexibility index (Phi) is 7.55. The van der Waals surface area contributed by atoms with Gasteiger partial charge in [0.2, 0.25) is 5.91 Å². The number of hydrogen-bond acceptors (Lipinski definition) is 3. The zero-order valence-corrected chi connectivity index (χ0v) is 16.1. The highest BCUT2D eigenvalue weighted by atomic mass is 19.1. The van der Waals surface area contributed by atoms with Crippen molar-refractivity contribution in [1.82, 2.24) is 0 Å². The van der Waals surface area contributed by atoms with E-state index in [1.54, 1.807) is 17.0 Å². The van der Waals surface area contributed by atoms with Crippen molar-refractivity contribution in [2.45, 2.75) is 27.3 Å². The number of ether oxygens (including phenoxy) is 2. The molecule has 0 fully saturated rings. The van der Waals surface area contributed by atoms with Crippen LogP contribution in [-0.4, -0.2) is 25.7 Å². The van der Waals surface area contributed by atoms with Crippen molar-refractivity contribution in [2.75, 3.05) is 24.7 Å². The maximum absolute atomic E-state index is 13.7. The maximum Gasteiger partial charge on any atom is 0.224 e. The lowest BCUT2D eigenvalue weighted by atomic mass is 10.1. The zero-order valence-electron chi connectivity index (χ0n) is 16.1. The van der Waals surface area contributed by atoms with Crippen LogP contribution < -0.4 is 9.64 Å². The highest BCUT2D eigenvalue weighted by Gasteiger charge is 2.17. The fraction of sp³-hybridized carbons (Fsp3) is 0.318. The van der Waals surface area contributed by atoms with Crippen molar-refractivity contribution in [3.8, 4) is 5.75 Å². The molecule has 0 heterocycles. The molecule has 0 spiro atoms. The van der Waals surface area contributed by atoms with Crippen molar-refractivity contribution in [3.05, 3.63) is 71.6 Å². The van der Waals surface area contributed by atoms with E-state index in [9.17, 15) is 9.18 Å². The average Bonchev–Trinajstić information content (AvgIpc) is 2.63. The number of amides is 1. The molecular weight excluding hydrogens is 345 g/mol. The van der Waals surface area contributed by atoms with E-state index < -0.39 is 0 Å². The smallest absolute Gasteiger partial charge is 0.224 e. The largest absolute Gasteiger partial charge is 0.491 e. The van der Waals surface area contributed by atoms with Crippen LogP contribution in [0.25, 0.3) is 0 Å². The molecule has 2 rings (SSSR count). The van der Waals surface area contributed by atoms with Crippen molar-refractivity contribution in [2.24, 2.45) is 0 Å². The summed E-state index contributed by atoms with van der Waals surface area (Å²) in [6, 6.07) is 10.3. The minimum atomic E-state index is -0.373. The molecule has 2 aromatic rings. The molecule has 4 nitrogen and oxygen atoms in total. The van der Waals surface area contributed by atoms with Gasteiger partial charge in [-0.25, -0.2) is 4.39 Å². The lowest BCUT2D eigenvalue weighted by Crippen LogP contribution is -2.29. The van der Waals surface area contributed by atoms with Gasteiger partial charge < -0.3 is 14.4 Å². The molecule has 0 saturated carbocycles. The quantitative estimate of drug-likeness (QED) is 0.478. The molecule has 0 atom stereocenters. The number of carbonyl (C=O) groups excluding carboxylic acids is 1. The summed E-state index contributed by atoms with van der Waals surface area (Å²) in [4.78, 5) is 13.8. The standard InChI is InChI=1S/C22H26FNO3/c1-5-10-26-11-12-27-22-9-6-16(2)13-19(22)15-24(18(4)25)21-14-20(23)8-7-17(21)3/h5-9,13-14H,1,10-12,15H2,2-4H3. The van der Waals surface area contributed by atoms with Gasteiger partial charge in [-0.2, -0.15) is 0 Å². The lowest BCUT2D eigenvalue weighted by Gasteiger charge is -2.25. The first-order chi connectivity index (χ1) is 12.9. The van der Waals surface area contributed by atoms with Gasteiger partial charge in [0.15, 0.2) is 0 Å². The normalized spacial score (nSPS) is 10.5. The number of carbonyl (C=O) groups is 1. The third-order valence-electron chi connectivity index (χ3n) is 4.11. The summed E-state index contributed by atoms with van der Waals surface area (Å²) in [6.45, 7) is 10.5. The van der Waals surface area contributed by atoms with Crippen molar-refractivity contribution >= 4 is 11.6 Å². The summed E-state index contributed by atoms with van der Waals surface area (Å²) >= 11 is 0. The van der Waals surface area contributed by atoms with Crippen LogP contribution in [0.1, 0.15) is 23.6 Å². The highest BCUT2D eigenvalue weighted by Crippen LogP contribution is 2.27. The molecule has 0 unspecified atom stereocenters. The third-order valence-corrected chi connectivity index (χ3v) is 4.11. The molecule has 5 heteroatoms. The van der Waals surface area contributed by atoms with E-state index in [0.717, 1.165) is 16.7 Å². The first-order valence-electron chi connectivity index (χ1n) is 8.87. The maximum atomic E-state index is 13.7. The Labute approximate surface area is 160 Å². The molecular formula is C22H26FNO3. The second-order valence-electron chi connectivity index (χ2n) is 6.36. The van der Waals surface area contributed by atoms with Crippen LogP contribution in [0.15, 0.2) is 49.1 Å². The van der Waals surface area contributed by atoms with E-state index >= 15 is 0 Å². The van der Waals surface area contributed by atoms with E-state index in [2.05, 4.69) is 6.58 Å². The van der Waals surface area contributed by atoms with E-state index in [-0.39, 0.29) is 11.7 Å². The van der Waals surface area contributed by atoms with Crippen LogP contribution in [0.5, 0.6) is 5.75 Å². The summed E-state index contributed by atoms with van der Waals surface area (Å²) in [5.74, 6) is 0.149. The Bertz CT molecular complexity index is 804. The third kappa shape index (κ3) is 5.93. The second kappa shape index (κ2) is 9.88. The predicted octanol–water partition coefficient (Wildman–Crippen LogP) is 4.58. The van der Waals surface area contributed by atoms with Crippen LogP contribution in [0.2, 0.25) is 0 Å². The van der Waals surface area contributed by atoms with Gasteiger partial charge in [-0.05, 0) is 37.6 Å². The van der Waals surface area contributed by atoms with Gasteiger partial charge in [-0.15, -0.1) is 6.58 Å². The van der Waals surface area contributed by atoms with Crippen LogP contribution in [0.3, 0.4) is 0 Å². The monoisotopic (exact) mass is 371 g/mol. The minimum absolute atomic E-state index is 0.162. The van der Waals surface area contributed by atoms with Gasteiger partial charge in [0.1, 0.15) is 18.2 Å². The lowest BCUT2D eigenvalue weighted by molar-refractivity contribution is -0.116. The Balaban J connectivity index is 2.24. The number of anilines is 1. The molecule has 0 saturated heterocycles. The van der Waals surface area contributed by atoms with Crippen LogP contribution >= 0.6 is 0 Å². The van der Waals surface area contributed by atoms with E-state index in [0.29, 0.717) is 37.8 Å². The van der Waals surface area contributed by atoms with E-state index in [1.807, 2.05) is 32.0 Å². The fourth-order valence-electron chi connectivity index (χ4n) is 2.76. The zero-order chi connectivity index (χ0) is 19.8. The minimum Gasteiger partial charge on any atom is -0.491 e. The van der Waals surface area contributed by atoms with Crippen LogP contribution in [-0.2, 0) is 16.1 Å². The summed E-state index contributed by atoms with van der Waals surface area (Å²) in [5, 5.41) is 0. The Hall–Kier alpha value is -2.66. The first kappa shape index (κ1) is 20.6. The van der Waals surface area contributed by atoms with Crippen LogP contribution in [0.4, 0.5) is 10.1 Å². The molecule has 0 bridgehead atoms. The Morgan fingerprint density at radius 1 is 1.19 bits per heavy atom. The van der Waals surface area contributed by atoms with Crippen molar-refractivity contribution < 1.29 is 18.7 Å². The van der Waals surface area contributed by atoms with Gasteiger partial charge in [0, 0.05) is 18.2 Å². The van der Waals surface area contributed by atoms with Crippen LogP contribution in [0, 0.1) is 19.7 Å². The average molecular weight is 371 g/mol. The van der Waals surface area contributed by atoms with Crippen molar-refractivity contribution in [1.29, 1.82) is 0 Å². The number of halogens is 1.